The van der Waals surface area contributed by atoms with E-state index in [0.717, 1.165) is 6.08 Å². The van der Waals surface area contributed by atoms with Gasteiger partial charge in [-0.2, -0.15) is 4.68 Å². The molecule has 0 bridgehead atoms. The third kappa shape index (κ3) is 5.33. The summed E-state index contributed by atoms with van der Waals surface area (Å²) in [7, 11) is 1.70. The van der Waals surface area contributed by atoms with Crippen molar-refractivity contribution < 1.29 is 23.0 Å². The van der Waals surface area contributed by atoms with Gasteiger partial charge in [0.1, 0.15) is 13.5 Å². The van der Waals surface area contributed by atoms with Crippen molar-refractivity contribution in [3.05, 3.63) is 24.0 Å². The van der Waals surface area contributed by atoms with Gasteiger partial charge in [0.05, 0.1) is 18.4 Å². The lowest BCUT2D eigenvalue weighted by molar-refractivity contribution is -0.714. The van der Waals surface area contributed by atoms with Crippen molar-refractivity contribution in [2.24, 2.45) is 17.8 Å². The Labute approximate surface area is 121 Å². The molecule has 0 unspecified atom stereocenters. The average Bonchev–Trinajstić information content (AvgIpc) is 2.74. The summed E-state index contributed by atoms with van der Waals surface area (Å²) < 4.78 is 32.7. The van der Waals surface area contributed by atoms with E-state index >= 15 is 0 Å². The molecule has 1 heterocycles. The molecule has 1 aromatic rings. The fourth-order valence-electron chi connectivity index (χ4n) is 1.45. The molecule has 0 spiro atoms. The van der Waals surface area contributed by atoms with E-state index in [2.05, 4.69) is 10.1 Å². The van der Waals surface area contributed by atoms with Crippen LogP contribution < -0.4 is 10.4 Å². The monoisotopic (exact) mass is 301 g/mol. The second-order valence-corrected chi connectivity index (χ2v) is 4.45. The maximum Gasteiger partial charge on any atom is 0.342 e. The van der Waals surface area contributed by atoms with E-state index in [4.69, 9.17) is 10.5 Å². The van der Waals surface area contributed by atoms with E-state index in [1.165, 1.54) is 0 Å². The predicted molar refractivity (Wildman–Crippen MR) is 73.2 cm³/mol. The van der Waals surface area contributed by atoms with Crippen LogP contribution in [0, 0.1) is 0 Å². The molecule has 0 radical (unpaired) electrons. The number of carbonyl (C=O) groups excluding carboxylic acids is 1. The normalized spacial score (nSPS) is 13.4. The number of rotatable bonds is 6. The zero-order chi connectivity index (χ0) is 16.0. The molecule has 0 aliphatic carbocycles. The van der Waals surface area contributed by atoms with Crippen LogP contribution in [0.4, 0.5) is 14.6 Å². The number of halogens is 2. The zero-order valence-electron chi connectivity index (χ0n) is 12.2. The van der Waals surface area contributed by atoms with E-state index in [1.54, 1.807) is 30.9 Å². The summed E-state index contributed by atoms with van der Waals surface area (Å²) in [5.74, 6) is -3.27. The average molecular weight is 301 g/mol. The van der Waals surface area contributed by atoms with Gasteiger partial charge in [-0.3, -0.25) is 4.79 Å². The number of nitrogens with zero attached hydrogens (tertiary/aromatic N) is 2. The molecule has 3 N–H and O–H groups in total. The topological polar surface area (TPSA) is 84.3 Å². The molecule has 6 nitrogen and oxygen atoms in total. The van der Waals surface area contributed by atoms with Crippen LogP contribution in [0.5, 0.6) is 0 Å². The molecule has 0 aliphatic heterocycles. The number of carbonyl (C=O) groups is 1. The number of aromatic nitrogens is 2. The van der Waals surface area contributed by atoms with Crippen LogP contribution in [0.25, 0.3) is 0 Å². The molecule has 0 atom stereocenters. The number of aliphatic imine (C=N–C) groups is 1. The molecule has 0 amide bonds. The van der Waals surface area contributed by atoms with Crippen molar-refractivity contribution in [3.8, 4) is 0 Å². The highest BCUT2D eigenvalue weighted by Gasteiger charge is 2.27. The van der Waals surface area contributed by atoms with Crippen LogP contribution in [0.1, 0.15) is 20.3 Å². The van der Waals surface area contributed by atoms with Crippen LogP contribution in [0.15, 0.2) is 29.0 Å². The summed E-state index contributed by atoms with van der Waals surface area (Å²) in [5.41, 5.74) is 4.77. The Morgan fingerprint density at radius 2 is 2.29 bits per heavy atom. The van der Waals surface area contributed by atoms with Crippen LogP contribution in [0.2, 0.25) is 0 Å². The number of alkyl halides is 2. The molecular formula is C13H19F2N4O2+. The van der Waals surface area contributed by atoms with E-state index in [1.807, 2.05) is 0 Å². The molecular weight excluding hydrogens is 282 g/mol. The summed E-state index contributed by atoms with van der Waals surface area (Å²) in [6.07, 6.45) is 2.39. The van der Waals surface area contributed by atoms with Gasteiger partial charge in [0.25, 0.3) is 5.92 Å². The first kappa shape index (κ1) is 16.8. The van der Waals surface area contributed by atoms with Crippen LogP contribution >= 0.6 is 0 Å². The summed E-state index contributed by atoms with van der Waals surface area (Å²) in [6.45, 7) is 2.54. The van der Waals surface area contributed by atoms with Crippen molar-refractivity contribution in [2.45, 2.75) is 26.2 Å². The Morgan fingerprint density at radius 1 is 1.62 bits per heavy atom. The highest BCUT2D eigenvalue weighted by molar-refractivity contribution is 6.06. The maximum atomic E-state index is 13.1. The number of allylic oxidation sites excluding steroid dienone is 2. The Bertz CT molecular complexity index is 559. The fourth-order valence-corrected chi connectivity index (χ4v) is 1.45. The Morgan fingerprint density at radius 3 is 2.76 bits per heavy atom. The number of aromatic amines is 1. The summed E-state index contributed by atoms with van der Waals surface area (Å²) in [4.78, 5) is 15.7. The first-order valence-electron chi connectivity index (χ1n) is 6.36. The summed E-state index contributed by atoms with van der Waals surface area (Å²) in [6, 6.07) is 1.64. The third-order valence-corrected chi connectivity index (χ3v) is 2.56. The molecule has 1 rings (SSSR count). The smallest absolute Gasteiger partial charge is 0.342 e. The highest BCUT2D eigenvalue weighted by Crippen LogP contribution is 2.19. The number of H-pyrrole nitrogens is 1. The van der Waals surface area contributed by atoms with Crippen LogP contribution in [-0.2, 0) is 16.6 Å². The highest BCUT2D eigenvalue weighted by atomic mass is 19.3. The van der Waals surface area contributed by atoms with Gasteiger partial charge in [-0.25, -0.2) is 13.9 Å². The minimum absolute atomic E-state index is 0.0997. The van der Waals surface area contributed by atoms with E-state index < -0.39 is 17.6 Å². The largest absolute Gasteiger partial charge is 0.466 e. The number of nitrogens with two attached hydrogens (primary N) is 1. The lowest BCUT2D eigenvalue weighted by Crippen LogP contribution is -2.29. The van der Waals surface area contributed by atoms with Gasteiger partial charge in [0, 0.05) is 19.2 Å². The fraction of sp³-hybridized carbons (Fsp3) is 0.462. The van der Waals surface area contributed by atoms with Gasteiger partial charge in [-0.05, 0) is 11.9 Å². The van der Waals surface area contributed by atoms with Crippen LogP contribution in [-0.4, -0.2) is 29.3 Å². The van der Waals surface area contributed by atoms with Crippen molar-refractivity contribution in [1.82, 2.24) is 5.10 Å². The molecule has 21 heavy (non-hydrogen) atoms. The number of esters is 1. The Kier molecular flexibility index (Phi) is 5.57. The summed E-state index contributed by atoms with van der Waals surface area (Å²) >= 11 is 0. The van der Waals surface area contributed by atoms with Crippen LogP contribution in [0.3, 0.4) is 0 Å². The Hall–Kier alpha value is -2.25. The number of aryl methyl sites for hydroxylation is 1. The van der Waals surface area contributed by atoms with Gasteiger partial charge in [-0.15, -0.1) is 0 Å². The van der Waals surface area contributed by atoms with Crippen molar-refractivity contribution in [3.63, 3.8) is 0 Å². The number of ether oxygens (including phenoxy) is 1. The standard InChI is InChI=1S/C13H18F2N4O2/c1-4-21-12(20)8-9(7-10(16)13(2,14)15)18-11-5-6-17-19(11)3/h5-7H,4,8H2,1-3H3,(H2,16,17,18)/p+1. The maximum absolute atomic E-state index is 13.1. The molecule has 8 heteroatoms. The van der Waals surface area contributed by atoms with Crippen molar-refractivity contribution in [2.75, 3.05) is 6.61 Å². The quantitative estimate of drug-likeness (QED) is 0.473. The first-order valence-corrected chi connectivity index (χ1v) is 6.36. The first-order chi connectivity index (χ1) is 9.74. The van der Waals surface area contributed by atoms with E-state index in [-0.39, 0.29) is 18.7 Å². The van der Waals surface area contributed by atoms with Gasteiger partial charge < -0.3 is 10.5 Å². The summed E-state index contributed by atoms with van der Waals surface area (Å²) in [5, 5.41) is 2.83. The van der Waals surface area contributed by atoms with Gasteiger partial charge in [0.15, 0.2) is 5.71 Å². The molecule has 0 saturated heterocycles. The molecule has 0 fully saturated rings. The second-order valence-electron chi connectivity index (χ2n) is 4.45. The molecule has 0 saturated carbocycles. The third-order valence-electron chi connectivity index (χ3n) is 2.56. The molecule has 116 valence electrons. The van der Waals surface area contributed by atoms with Crippen molar-refractivity contribution in [1.29, 1.82) is 0 Å². The van der Waals surface area contributed by atoms with Crippen molar-refractivity contribution >= 4 is 17.5 Å². The molecule has 1 aromatic heterocycles. The number of hydrogen-bond acceptors (Lipinski definition) is 4. The molecule has 0 aliphatic rings. The second kappa shape index (κ2) is 6.96. The Balaban J connectivity index is 3.09. The van der Waals surface area contributed by atoms with Gasteiger partial charge in [-0.1, -0.05) is 0 Å². The van der Waals surface area contributed by atoms with Gasteiger partial charge in [0.2, 0.25) is 0 Å². The lowest BCUT2D eigenvalue weighted by Gasteiger charge is -2.09. The minimum Gasteiger partial charge on any atom is -0.466 e. The zero-order valence-corrected chi connectivity index (χ0v) is 12.2. The molecule has 0 aromatic carbocycles. The SMILES string of the molecule is CCOC(=O)CC(/C=C(\N)C(C)(F)F)=Nc1cc[nH][n+]1C. The number of nitrogens with one attached hydrogen (secondary N) is 1. The van der Waals surface area contributed by atoms with E-state index in [0.29, 0.717) is 12.7 Å². The minimum atomic E-state index is -3.18. The van der Waals surface area contributed by atoms with E-state index in [9.17, 15) is 13.6 Å². The lowest BCUT2D eigenvalue weighted by atomic mass is 10.2. The predicted octanol–water partition coefficient (Wildman–Crippen LogP) is 1.36. The number of hydrogen-bond donors (Lipinski definition) is 2. The van der Waals surface area contributed by atoms with Gasteiger partial charge >= 0.3 is 11.8 Å².